The number of hydrogen-bond donors (Lipinski definition) is 2. The monoisotopic (exact) mass is 1160 g/mol. The lowest BCUT2D eigenvalue weighted by molar-refractivity contribution is -0.193. The molecule has 4 saturated heterocycles. The number of nitriles is 2. The predicted octanol–water partition coefficient (Wildman–Crippen LogP) is 8.55. The van der Waals surface area contributed by atoms with E-state index in [-0.39, 0.29) is 48.1 Å². The lowest BCUT2D eigenvalue weighted by Gasteiger charge is -2.50. The second-order valence-electron chi connectivity index (χ2n) is 24.1. The Bertz CT molecular complexity index is 3620. The van der Waals surface area contributed by atoms with Gasteiger partial charge in [0.15, 0.2) is 22.8 Å². The maximum atomic E-state index is 14.8. The molecule has 10 aliphatic rings. The van der Waals surface area contributed by atoms with Gasteiger partial charge in [-0.25, -0.2) is 0 Å². The summed E-state index contributed by atoms with van der Waals surface area (Å²) in [6, 6.07) is 20.2. The third kappa shape index (κ3) is 7.80. The first-order valence-electron chi connectivity index (χ1n) is 29.1. The number of carbonyl (C=O) groups is 4. The Hall–Kier alpha value is -8.58. The van der Waals surface area contributed by atoms with Crippen molar-refractivity contribution in [2.45, 2.75) is 99.7 Å². The minimum atomic E-state index is -1.63. The molecule has 4 aliphatic heterocycles. The summed E-state index contributed by atoms with van der Waals surface area (Å²) in [6.45, 7) is 2.76. The van der Waals surface area contributed by atoms with Crippen LogP contribution in [0.4, 0.5) is 0 Å². The van der Waals surface area contributed by atoms with Crippen LogP contribution in [-0.4, -0.2) is 103 Å². The Kier molecular flexibility index (Phi) is 13.5. The molecule has 0 radical (unpaired) electrons. The van der Waals surface area contributed by atoms with Crippen molar-refractivity contribution < 1.29 is 66.5 Å². The number of fused-ring (bicyclic) bond motifs is 18. The summed E-state index contributed by atoms with van der Waals surface area (Å²) in [5.74, 6) is 0.956. The molecule has 0 saturated carbocycles. The average Bonchev–Trinajstić information content (AvgIpc) is 1.52. The Balaban J connectivity index is 0.000000160. The minimum absolute atomic E-state index is 0.167. The fraction of sp³-hybridized carbons (Fsp3) is 0.441. The average molecular weight is 1170 g/mol. The zero-order chi connectivity index (χ0) is 60.5. The first kappa shape index (κ1) is 56.5. The van der Waals surface area contributed by atoms with Crippen LogP contribution < -0.4 is 48.5 Å². The van der Waals surface area contributed by atoms with Crippen molar-refractivity contribution in [3.63, 3.8) is 0 Å². The van der Waals surface area contributed by atoms with E-state index >= 15 is 0 Å². The van der Waals surface area contributed by atoms with Crippen LogP contribution in [0.25, 0.3) is 12.2 Å². The van der Waals surface area contributed by atoms with Gasteiger partial charge >= 0.3 is 0 Å². The highest BCUT2D eigenvalue weighted by molar-refractivity contribution is 5.98. The molecule has 18 nitrogen and oxygen atoms in total. The number of nitrogens with zero attached hydrogens (tertiary/aromatic N) is 2. The van der Waals surface area contributed by atoms with Crippen molar-refractivity contribution in [1.29, 1.82) is 10.5 Å². The van der Waals surface area contributed by atoms with Gasteiger partial charge in [-0.05, 0) is 87.1 Å². The van der Waals surface area contributed by atoms with Crippen LogP contribution in [0.2, 0.25) is 0 Å². The van der Waals surface area contributed by atoms with Crippen LogP contribution in [0.1, 0.15) is 95.9 Å². The number of ketones is 2. The van der Waals surface area contributed by atoms with Crippen LogP contribution in [0.15, 0.2) is 83.0 Å². The van der Waals surface area contributed by atoms with E-state index in [1.54, 1.807) is 56.9 Å². The van der Waals surface area contributed by atoms with Crippen LogP contribution in [0, 0.1) is 58.2 Å². The molecule has 0 spiro atoms. The van der Waals surface area contributed by atoms with Gasteiger partial charge < -0.3 is 58.0 Å². The first-order chi connectivity index (χ1) is 41.5. The van der Waals surface area contributed by atoms with Crippen molar-refractivity contribution in [3.8, 4) is 58.1 Å². The maximum Gasteiger partial charge on any atom is 0.219 e. The zero-order valence-corrected chi connectivity index (χ0v) is 49.8. The number of carbonyl (C=O) groups excluding carboxylic acids is 4. The summed E-state index contributed by atoms with van der Waals surface area (Å²) < 4.78 is 59.1. The molecule has 0 aromatic heterocycles. The highest BCUT2D eigenvalue weighted by atomic mass is 16.6. The van der Waals surface area contributed by atoms with Crippen molar-refractivity contribution in [2.75, 3.05) is 56.9 Å². The van der Waals surface area contributed by atoms with Gasteiger partial charge in [-0.1, -0.05) is 46.6 Å². The van der Waals surface area contributed by atoms with Gasteiger partial charge in [0, 0.05) is 119 Å². The molecule has 14 rings (SSSR count). The quantitative estimate of drug-likeness (QED) is 0.127. The standard InChI is InChI=1S/2C34H34N2O7/c2*1-17(37)36-34-15-24(19-13-20-21(14-19)26(40-3)9-8-25(20)39-2)33(16-35,43-34)23-7-6-18-12-22-27(41-4)10-11-28(42-5)30(22)29(18)31(23)32(34)38/h2*6,8-11,13,23-24,29,31H,7,12,14-15H2,1-5H3,(H,36,37)/t2*23-,24+,29-,31-,33-,34-/m00/s1. The van der Waals surface area contributed by atoms with Crippen LogP contribution in [0.3, 0.4) is 0 Å². The van der Waals surface area contributed by atoms with Crippen molar-refractivity contribution in [1.82, 2.24) is 10.6 Å². The molecule has 6 aliphatic carbocycles. The number of rotatable bonds is 12. The summed E-state index contributed by atoms with van der Waals surface area (Å²) in [7, 11) is 13.0. The molecule has 4 bridgehead atoms. The fourth-order valence-electron chi connectivity index (χ4n) is 17.3. The minimum Gasteiger partial charge on any atom is -0.496 e. The van der Waals surface area contributed by atoms with Gasteiger partial charge in [0.1, 0.15) is 46.0 Å². The Morgan fingerprint density at radius 3 is 1.12 bits per heavy atom. The Labute approximate surface area is 499 Å². The second-order valence-corrected chi connectivity index (χ2v) is 24.1. The molecular formula is C68H68N4O14. The number of methoxy groups -OCH3 is 8. The van der Waals surface area contributed by atoms with Crippen LogP contribution >= 0.6 is 0 Å². The van der Waals surface area contributed by atoms with E-state index in [2.05, 4.69) is 34.9 Å². The van der Waals surface area contributed by atoms with Gasteiger partial charge in [0.25, 0.3) is 0 Å². The summed E-state index contributed by atoms with van der Waals surface area (Å²) in [6.07, 6.45) is 12.1. The van der Waals surface area contributed by atoms with Crippen molar-refractivity contribution in [2.24, 2.45) is 35.5 Å². The number of benzene rings is 4. The van der Waals surface area contributed by atoms with Crippen LogP contribution in [0.5, 0.6) is 46.0 Å². The molecule has 444 valence electrons. The van der Waals surface area contributed by atoms with Gasteiger partial charge in [0.05, 0.1) is 69.0 Å². The molecule has 4 fully saturated rings. The smallest absolute Gasteiger partial charge is 0.219 e. The molecule has 18 heteroatoms. The van der Waals surface area contributed by atoms with E-state index in [9.17, 15) is 29.7 Å². The predicted molar refractivity (Wildman–Crippen MR) is 312 cm³/mol. The Morgan fingerprint density at radius 2 is 0.791 bits per heavy atom. The first-order valence-corrected chi connectivity index (χ1v) is 29.1. The highest BCUT2D eigenvalue weighted by Gasteiger charge is 2.75. The molecule has 86 heavy (non-hydrogen) atoms. The van der Waals surface area contributed by atoms with Crippen LogP contribution in [-0.2, 0) is 54.3 Å². The molecule has 4 aromatic rings. The van der Waals surface area contributed by atoms with E-state index in [1.165, 1.54) is 13.8 Å². The molecule has 4 aromatic carbocycles. The van der Waals surface area contributed by atoms with Crippen molar-refractivity contribution in [3.05, 3.63) is 127 Å². The third-order valence-corrected chi connectivity index (χ3v) is 20.5. The second kappa shape index (κ2) is 20.6. The van der Waals surface area contributed by atoms with E-state index in [4.69, 9.17) is 47.4 Å². The largest absolute Gasteiger partial charge is 0.496 e. The summed E-state index contributed by atoms with van der Waals surface area (Å²) >= 11 is 0. The lowest BCUT2D eigenvalue weighted by atomic mass is 9.60. The normalized spacial score (nSPS) is 31.0. The molecule has 0 unspecified atom stereocenters. The maximum absolute atomic E-state index is 14.8. The Morgan fingerprint density at radius 1 is 0.477 bits per heavy atom. The fourth-order valence-corrected chi connectivity index (χ4v) is 17.3. The zero-order valence-electron chi connectivity index (χ0n) is 49.8. The van der Waals surface area contributed by atoms with E-state index in [0.29, 0.717) is 61.5 Å². The molecule has 2 N–H and O–H groups in total. The van der Waals surface area contributed by atoms with Gasteiger partial charge in [-0.3, -0.25) is 19.2 Å². The molecule has 4 heterocycles. The number of allylic oxidation sites excluding steroid dienone is 4. The third-order valence-electron chi connectivity index (χ3n) is 20.5. The lowest BCUT2D eigenvalue weighted by Crippen LogP contribution is -2.65. The summed E-state index contributed by atoms with van der Waals surface area (Å²) in [4.78, 5) is 54.9. The van der Waals surface area contributed by atoms with E-state index < -0.39 is 58.2 Å². The number of hydrogen-bond acceptors (Lipinski definition) is 16. The van der Waals surface area contributed by atoms with E-state index in [0.717, 1.165) is 89.8 Å². The molecule has 2 amide bonds. The number of amides is 2. The van der Waals surface area contributed by atoms with Gasteiger partial charge in [-0.15, -0.1) is 0 Å². The van der Waals surface area contributed by atoms with Crippen molar-refractivity contribution >= 4 is 35.5 Å². The number of Topliss-reactive ketones (excluding diaryl/α,β-unsaturated/α-hetero) is 2. The van der Waals surface area contributed by atoms with Gasteiger partial charge in [0.2, 0.25) is 23.3 Å². The molecule has 12 atom stereocenters. The molecular weight excluding hydrogens is 1100 g/mol. The van der Waals surface area contributed by atoms with Gasteiger partial charge in [-0.2, -0.15) is 10.5 Å². The highest BCUT2D eigenvalue weighted by Crippen LogP contribution is 2.68. The SMILES string of the molecule is COc1ccc(OC)c2c1C=C([C@H]1C[C@]3(NC(C)=O)O[C@@]1(C#N)[C@H]1CC=C4Cc5c(OC)ccc(OC)c5[C@H]4[C@H]1C3=O)C2.COc1ccc(OC)c2c1C=C([C@H]1C[C@]3(NC(C)=O)O[C@@]1(C#N)[C@H]1CC=C4Cc5c(OC)ccc(OC)c5[C@H]4[C@H]1C3=O)C2. The summed E-state index contributed by atoms with van der Waals surface area (Å²) in [5, 5.41) is 27.9. The summed E-state index contributed by atoms with van der Waals surface area (Å²) in [5.41, 5.74) is 5.73. The number of nitrogens with one attached hydrogen (secondary N) is 2. The van der Waals surface area contributed by atoms with E-state index in [1.807, 2.05) is 60.7 Å². The topological polar surface area (TPSA) is 232 Å². The number of ether oxygens (including phenoxy) is 10.